The zero-order valence-corrected chi connectivity index (χ0v) is 24.1. The van der Waals surface area contributed by atoms with Crippen LogP contribution in [0.15, 0.2) is 54.6 Å². The van der Waals surface area contributed by atoms with E-state index >= 15 is 0 Å². The molecule has 3 heterocycles. The van der Waals surface area contributed by atoms with Gasteiger partial charge in [-0.05, 0) is 61.8 Å². The summed E-state index contributed by atoms with van der Waals surface area (Å²) in [5.41, 5.74) is 6.65. The van der Waals surface area contributed by atoms with Crippen molar-refractivity contribution in [3.63, 3.8) is 0 Å². The summed E-state index contributed by atoms with van der Waals surface area (Å²) in [6.07, 6.45) is -5.07. The topological polar surface area (TPSA) is 103 Å². The molecule has 3 aromatic rings. The molecule has 1 spiro atoms. The van der Waals surface area contributed by atoms with E-state index in [1.54, 1.807) is 30.3 Å². The number of benzene rings is 2. The lowest BCUT2D eigenvalue weighted by Crippen LogP contribution is -2.41. The molecule has 3 N–H and O–H groups in total. The molecule has 5 rings (SSSR count). The minimum atomic E-state index is -4.77. The Hall–Kier alpha value is -3.57. The first-order chi connectivity index (χ1) is 19.9. The van der Waals surface area contributed by atoms with E-state index in [0.29, 0.717) is 48.0 Å². The van der Waals surface area contributed by atoms with Gasteiger partial charge in [-0.15, -0.1) is 0 Å². The number of hydrogen-bond donors (Lipinski definition) is 2. The average Bonchev–Trinajstić information content (AvgIpc) is 3.35. The van der Waals surface area contributed by atoms with E-state index in [1.165, 1.54) is 24.3 Å². The lowest BCUT2D eigenvalue weighted by molar-refractivity contribution is -0.198. The van der Waals surface area contributed by atoms with E-state index in [2.05, 4.69) is 15.3 Å². The number of anilines is 2. The Morgan fingerprint density at radius 1 is 1.12 bits per heavy atom. The molecular formula is C30H33ClF3N5O3. The molecule has 2 aliphatic rings. The summed E-state index contributed by atoms with van der Waals surface area (Å²) in [5.74, 6) is -0.338. The number of hydrogen-bond acceptors (Lipinski definition) is 8. The minimum absolute atomic E-state index is 0.0706. The van der Waals surface area contributed by atoms with Crippen molar-refractivity contribution in [1.82, 2.24) is 15.3 Å². The summed E-state index contributed by atoms with van der Waals surface area (Å²) >= 11 is 6.17. The first-order valence-electron chi connectivity index (χ1n) is 13.8. The number of nitrogens with one attached hydrogen (secondary N) is 1. The van der Waals surface area contributed by atoms with Crippen molar-refractivity contribution < 1.29 is 27.4 Å². The van der Waals surface area contributed by atoms with Crippen LogP contribution >= 0.6 is 11.6 Å². The van der Waals surface area contributed by atoms with E-state index in [4.69, 9.17) is 26.8 Å². The summed E-state index contributed by atoms with van der Waals surface area (Å²) in [7, 11) is 0. The average molecular weight is 604 g/mol. The van der Waals surface area contributed by atoms with Crippen molar-refractivity contribution in [2.45, 2.75) is 57.5 Å². The second kappa shape index (κ2) is 12.0. The van der Waals surface area contributed by atoms with Crippen LogP contribution in [0.1, 0.15) is 44.8 Å². The van der Waals surface area contributed by atoms with Crippen LogP contribution in [-0.2, 0) is 9.53 Å². The molecule has 2 aliphatic heterocycles. The van der Waals surface area contributed by atoms with Gasteiger partial charge in [-0.1, -0.05) is 48.0 Å². The zero-order chi connectivity index (χ0) is 30.1. The Morgan fingerprint density at radius 2 is 1.83 bits per heavy atom. The van der Waals surface area contributed by atoms with Crippen LogP contribution < -0.4 is 20.7 Å². The molecule has 0 saturated carbocycles. The number of esters is 1. The number of aromatic nitrogens is 2. The number of nitrogen functional groups attached to an aromatic ring is 1. The highest BCUT2D eigenvalue weighted by molar-refractivity contribution is 6.30. The van der Waals surface area contributed by atoms with E-state index in [0.717, 1.165) is 12.8 Å². The second-order valence-corrected chi connectivity index (χ2v) is 11.6. The van der Waals surface area contributed by atoms with Gasteiger partial charge in [0.25, 0.3) is 0 Å². The van der Waals surface area contributed by atoms with E-state index in [1.807, 2.05) is 18.7 Å². The van der Waals surface area contributed by atoms with Crippen molar-refractivity contribution in [3.8, 4) is 17.0 Å². The van der Waals surface area contributed by atoms with Gasteiger partial charge >= 0.3 is 12.1 Å². The van der Waals surface area contributed by atoms with Gasteiger partial charge in [0, 0.05) is 36.3 Å². The zero-order valence-electron chi connectivity index (χ0n) is 23.3. The SMILES string of the molecule is CC(C)OC(=O)C1CC2(CCN(c3cc(O[C@H](c4ccc(Cl)cc4-c4ccccc4)C(F)(F)F)nc(N)n3)CC2)CN1. The van der Waals surface area contributed by atoms with Crippen LogP contribution in [-0.4, -0.2) is 53.9 Å². The van der Waals surface area contributed by atoms with Gasteiger partial charge in [0.2, 0.25) is 17.9 Å². The Labute approximate surface area is 247 Å². The Kier molecular flexibility index (Phi) is 8.52. The lowest BCUT2D eigenvalue weighted by Gasteiger charge is -2.39. The summed E-state index contributed by atoms with van der Waals surface area (Å²) in [6, 6.07) is 13.9. The van der Waals surface area contributed by atoms with Crippen LogP contribution in [0.25, 0.3) is 11.1 Å². The number of ether oxygens (including phenoxy) is 2. The summed E-state index contributed by atoms with van der Waals surface area (Å²) in [5, 5.41) is 3.59. The maximum Gasteiger partial charge on any atom is 0.429 e. The molecule has 0 amide bonds. The van der Waals surface area contributed by atoms with Crippen LogP contribution in [0.5, 0.6) is 5.88 Å². The fourth-order valence-electron chi connectivity index (χ4n) is 5.69. The first-order valence-corrected chi connectivity index (χ1v) is 14.2. The van der Waals surface area contributed by atoms with Crippen molar-refractivity contribution in [2.24, 2.45) is 5.41 Å². The van der Waals surface area contributed by atoms with Gasteiger partial charge in [-0.25, -0.2) is 0 Å². The third-order valence-corrected chi connectivity index (χ3v) is 8.01. The Bertz CT molecular complexity index is 1420. The van der Waals surface area contributed by atoms with Gasteiger partial charge in [0.05, 0.1) is 6.10 Å². The smallest absolute Gasteiger partial charge is 0.429 e. The van der Waals surface area contributed by atoms with Crippen LogP contribution in [0.3, 0.4) is 0 Å². The third kappa shape index (κ3) is 6.73. The molecule has 42 heavy (non-hydrogen) atoms. The van der Waals surface area contributed by atoms with E-state index in [-0.39, 0.29) is 40.9 Å². The highest BCUT2D eigenvalue weighted by Gasteiger charge is 2.46. The van der Waals surface area contributed by atoms with Crippen molar-refractivity contribution in [1.29, 1.82) is 0 Å². The minimum Gasteiger partial charge on any atom is -0.462 e. The van der Waals surface area contributed by atoms with Crippen molar-refractivity contribution in [2.75, 3.05) is 30.3 Å². The predicted octanol–water partition coefficient (Wildman–Crippen LogP) is 5.96. The van der Waals surface area contributed by atoms with Crippen LogP contribution in [0.4, 0.5) is 24.9 Å². The van der Waals surface area contributed by atoms with Crippen LogP contribution in [0.2, 0.25) is 5.02 Å². The molecule has 12 heteroatoms. The highest BCUT2D eigenvalue weighted by Crippen LogP contribution is 2.43. The number of piperidine rings is 1. The Balaban J connectivity index is 1.35. The first kappa shape index (κ1) is 29.9. The number of nitrogens with two attached hydrogens (primary N) is 1. The molecule has 0 bridgehead atoms. The molecule has 0 aliphatic carbocycles. The molecule has 2 aromatic carbocycles. The maximum absolute atomic E-state index is 14.5. The quantitative estimate of drug-likeness (QED) is 0.319. The molecule has 2 atom stereocenters. The molecule has 2 fully saturated rings. The van der Waals surface area contributed by atoms with E-state index in [9.17, 15) is 18.0 Å². The maximum atomic E-state index is 14.5. The number of rotatable bonds is 7. The summed E-state index contributed by atoms with van der Waals surface area (Å²) in [6.45, 7) is 5.50. The van der Waals surface area contributed by atoms with Gasteiger partial charge in [0.1, 0.15) is 11.9 Å². The molecule has 1 unspecified atom stereocenters. The third-order valence-electron chi connectivity index (χ3n) is 7.77. The monoisotopic (exact) mass is 603 g/mol. The number of carbonyl (C=O) groups excluding carboxylic acids is 1. The predicted molar refractivity (Wildman–Crippen MR) is 154 cm³/mol. The fraction of sp³-hybridized carbons (Fsp3) is 0.433. The molecule has 224 valence electrons. The lowest BCUT2D eigenvalue weighted by atomic mass is 9.76. The van der Waals surface area contributed by atoms with Gasteiger partial charge < -0.3 is 25.4 Å². The normalized spacial score (nSPS) is 19.2. The summed E-state index contributed by atoms with van der Waals surface area (Å²) < 4.78 is 54.4. The molecule has 1 aromatic heterocycles. The van der Waals surface area contributed by atoms with Crippen molar-refractivity contribution in [3.05, 3.63) is 65.2 Å². The number of carbonyl (C=O) groups is 1. The highest BCUT2D eigenvalue weighted by atomic mass is 35.5. The summed E-state index contributed by atoms with van der Waals surface area (Å²) in [4.78, 5) is 22.6. The molecular weight excluding hydrogens is 571 g/mol. The largest absolute Gasteiger partial charge is 0.462 e. The van der Waals surface area contributed by atoms with Crippen molar-refractivity contribution >= 4 is 29.3 Å². The number of nitrogens with zero attached hydrogens (tertiary/aromatic N) is 3. The van der Waals surface area contributed by atoms with Gasteiger partial charge in [-0.2, -0.15) is 23.1 Å². The number of halogens is 4. The number of alkyl halides is 3. The molecule has 0 radical (unpaired) electrons. The Morgan fingerprint density at radius 3 is 2.50 bits per heavy atom. The molecule has 8 nitrogen and oxygen atoms in total. The molecule has 2 saturated heterocycles. The second-order valence-electron chi connectivity index (χ2n) is 11.2. The fourth-order valence-corrected chi connectivity index (χ4v) is 5.87. The standard InChI is InChI=1S/C30H33ClF3N5O3/c1-18(2)41-27(40)23-16-29(17-36-23)10-12-39(13-11-29)24-15-25(38-28(35)37-24)42-26(30(32,33)34)21-9-8-20(31)14-22(21)19-6-4-3-5-7-19/h3-9,14-15,18,23,26,36H,10-13,16-17H2,1-2H3,(H2,35,37,38)/t23?,26-/m1/s1. The van der Waals surface area contributed by atoms with Gasteiger partial charge in [-0.3, -0.25) is 4.79 Å². The van der Waals surface area contributed by atoms with Gasteiger partial charge in [0.15, 0.2) is 0 Å². The van der Waals surface area contributed by atoms with Crippen LogP contribution in [0, 0.1) is 5.41 Å². The van der Waals surface area contributed by atoms with E-state index < -0.39 is 12.3 Å².